The highest BCUT2D eigenvalue weighted by Gasteiger charge is 2.40. The fourth-order valence-corrected chi connectivity index (χ4v) is 5.13. The molecular weight excluding hydrogens is 498 g/mol. The lowest BCUT2D eigenvalue weighted by molar-refractivity contribution is -0.0630. The molecule has 0 aliphatic carbocycles. The van der Waals surface area contributed by atoms with Crippen molar-refractivity contribution in [3.05, 3.63) is 46.8 Å². The topological polar surface area (TPSA) is 112 Å². The van der Waals surface area contributed by atoms with Crippen LogP contribution >= 0.6 is 0 Å². The number of alkyl carbamates (subject to hydrolysis) is 1. The van der Waals surface area contributed by atoms with E-state index in [-0.39, 0.29) is 18.2 Å². The van der Waals surface area contributed by atoms with Crippen molar-refractivity contribution in [2.24, 2.45) is 7.05 Å². The molecule has 1 fully saturated rings. The van der Waals surface area contributed by atoms with Gasteiger partial charge in [-0.3, -0.25) is 4.90 Å². The van der Waals surface area contributed by atoms with Crippen molar-refractivity contribution in [3.8, 4) is 11.6 Å². The van der Waals surface area contributed by atoms with Gasteiger partial charge in [-0.25, -0.2) is 18.6 Å². The van der Waals surface area contributed by atoms with Gasteiger partial charge in [0.05, 0.1) is 31.1 Å². The predicted octanol–water partition coefficient (Wildman–Crippen LogP) is 3.11. The van der Waals surface area contributed by atoms with Gasteiger partial charge in [0.1, 0.15) is 23.3 Å². The Kier molecular flexibility index (Phi) is 6.90. The van der Waals surface area contributed by atoms with Gasteiger partial charge in [-0.15, -0.1) is 10.2 Å². The summed E-state index contributed by atoms with van der Waals surface area (Å²) in [7, 11) is 1.71. The molecule has 3 atom stereocenters. The molecule has 3 aromatic rings. The van der Waals surface area contributed by atoms with Crippen molar-refractivity contribution in [3.63, 3.8) is 0 Å². The highest BCUT2D eigenvalue weighted by Crippen LogP contribution is 2.36. The van der Waals surface area contributed by atoms with E-state index in [0.29, 0.717) is 37.7 Å². The molecule has 1 aromatic carbocycles. The monoisotopic (exact) mass is 530 g/mol. The first-order valence-electron chi connectivity index (χ1n) is 12.6. The summed E-state index contributed by atoms with van der Waals surface area (Å²) in [6.07, 6.45) is -1.05. The lowest BCUT2D eigenvalue weighted by Crippen LogP contribution is -2.52. The van der Waals surface area contributed by atoms with Crippen LogP contribution in [-0.4, -0.2) is 65.0 Å². The number of aromatic nitrogens is 6. The zero-order valence-corrected chi connectivity index (χ0v) is 22.1. The van der Waals surface area contributed by atoms with E-state index in [2.05, 4.69) is 30.2 Å². The van der Waals surface area contributed by atoms with Crippen molar-refractivity contribution in [2.45, 2.75) is 77.5 Å². The van der Waals surface area contributed by atoms with Gasteiger partial charge >= 0.3 is 6.09 Å². The number of carbonyl (C=O) groups is 1. The molecule has 2 aliphatic rings. The smallest absolute Gasteiger partial charge is 0.407 e. The van der Waals surface area contributed by atoms with Gasteiger partial charge in [0, 0.05) is 31.2 Å². The molecule has 0 saturated carbocycles. The Morgan fingerprint density at radius 3 is 2.74 bits per heavy atom. The first kappa shape index (κ1) is 26.2. The van der Waals surface area contributed by atoms with Crippen LogP contribution < -0.4 is 5.32 Å². The number of hydrogen-bond donors (Lipinski definition) is 1. The van der Waals surface area contributed by atoms with Crippen LogP contribution in [0.25, 0.3) is 11.6 Å². The second kappa shape index (κ2) is 10.0. The molecule has 4 heterocycles. The number of benzene rings is 1. The lowest BCUT2D eigenvalue weighted by Gasteiger charge is -2.40. The van der Waals surface area contributed by atoms with Crippen LogP contribution in [0.5, 0.6) is 0 Å². The van der Waals surface area contributed by atoms with Gasteiger partial charge in [-0.05, 0) is 57.5 Å². The second-order valence-electron chi connectivity index (χ2n) is 10.6. The summed E-state index contributed by atoms with van der Waals surface area (Å²) >= 11 is 0. The summed E-state index contributed by atoms with van der Waals surface area (Å²) in [6.45, 7) is 9.48. The predicted molar refractivity (Wildman–Crippen MR) is 132 cm³/mol. The van der Waals surface area contributed by atoms with Gasteiger partial charge < -0.3 is 19.4 Å². The number of carbonyl (C=O) groups excluding carboxylic acids is 1. The van der Waals surface area contributed by atoms with Crippen molar-refractivity contribution in [1.82, 2.24) is 40.0 Å². The standard InChI is InChI=1S/C25H32F2N8O3/c1-6-35-20-12-34(11-19(20)28-23(35)22-30-32-33(5)31-22)15-10-18(29-24(36)38-25(2,3)4)21(37-13-15)16-9-14(26)7-8-17(16)27/h7-9,15,18,21H,6,10-13H2,1-5H3,(H,29,36)/t15-,18+,21-/m1/s1. The zero-order valence-electron chi connectivity index (χ0n) is 22.1. The molecule has 2 aromatic heterocycles. The molecule has 1 N–H and O–H groups in total. The van der Waals surface area contributed by atoms with Gasteiger partial charge in [0.25, 0.3) is 0 Å². The number of tetrazole rings is 1. The maximum atomic E-state index is 14.7. The number of imidazole rings is 1. The van der Waals surface area contributed by atoms with Crippen LogP contribution in [0.2, 0.25) is 0 Å². The fourth-order valence-electron chi connectivity index (χ4n) is 5.13. The van der Waals surface area contributed by atoms with Crippen LogP contribution in [0, 0.1) is 11.6 Å². The summed E-state index contributed by atoms with van der Waals surface area (Å²) in [4.78, 5) is 21.1. The van der Waals surface area contributed by atoms with E-state index in [4.69, 9.17) is 14.5 Å². The Morgan fingerprint density at radius 1 is 1.26 bits per heavy atom. The molecule has 5 rings (SSSR count). The Balaban J connectivity index is 1.36. The average Bonchev–Trinajstić information content (AvgIpc) is 3.53. The summed E-state index contributed by atoms with van der Waals surface area (Å²) in [5.74, 6) is -0.0194. The molecule has 2 aliphatic heterocycles. The molecule has 0 bridgehead atoms. The molecule has 13 heteroatoms. The number of hydrogen-bond acceptors (Lipinski definition) is 8. The number of fused-ring (bicyclic) bond motifs is 1. The fraction of sp³-hybridized carbons (Fsp3) is 0.560. The van der Waals surface area contributed by atoms with Gasteiger partial charge in [0.15, 0.2) is 5.82 Å². The van der Waals surface area contributed by atoms with E-state index < -0.39 is 35.5 Å². The van der Waals surface area contributed by atoms with E-state index in [9.17, 15) is 13.6 Å². The van der Waals surface area contributed by atoms with Gasteiger partial charge in [-0.1, -0.05) is 0 Å². The van der Waals surface area contributed by atoms with Crippen molar-refractivity contribution < 1.29 is 23.0 Å². The molecule has 11 nitrogen and oxygen atoms in total. The molecule has 204 valence electrons. The number of aryl methyl sites for hydroxylation is 1. The number of rotatable bonds is 5. The van der Waals surface area contributed by atoms with E-state index in [0.717, 1.165) is 29.6 Å². The lowest BCUT2D eigenvalue weighted by atomic mass is 9.92. The Morgan fingerprint density at radius 2 is 2.05 bits per heavy atom. The number of amides is 1. The third-order valence-electron chi connectivity index (χ3n) is 6.73. The molecule has 0 spiro atoms. The van der Waals surface area contributed by atoms with Crippen LogP contribution in [0.1, 0.15) is 57.2 Å². The molecule has 1 saturated heterocycles. The number of nitrogens with zero attached hydrogens (tertiary/aromatic N) is 7. The maximum Gasteiger partial charge on any atom is 0.407 e. The number of nitrogens with one attached hydrogen (secondary N) is 1. The normalized spacial score (nSPS) is 21.9. The number of halogens is 2. The van der Waals surface area contributed by atoms with Crippen molar-refractivity contribution in [1.29, 1.82) is 0 Å². The van der Waals surface area contributed by atoms with E-state index >= 15 is 0 Å². The summed E-state index contributed by atoms with van der Waals surface area (Å²) in [5, 5.41) is 15.2. The summed E-state index contributed by atoms with van der Waals surface area (Å²) in [6, 6.07) is 2.51. The molecule has 0 radical (unpaired) electrons. The minimum atomic E-state index is -0.864. The van der Waals surface area contributed by atoms with E-state index in [1.807, 2.05) is 6.92 Å². The third-order valence-corrected chi connectivity index (χ3v) is 6.73. The summed E-state index contributed by atoms with van der Waals surface area (Å²) in [5.41, 5.74) is 1.33. The van der Waals surface area contributed by atoms with Crippen LogP contribution in [0.4, 0.5) is 13.6 Å². The van der Waals surface area contributed by atoms with Gasteiger partial charge in [0.2, 0.25) is 5.82 Å². The first-order valence-corrected chi connectivity index (χ1v) is 12.6. The summed E-state index contributed by atoms with van der Waals surface area (Å²) < 4.78 is 42.4. The van der Waals surface area contributed by atoms with E-state index in [1.54, 1.807) is 27.8 Å². The maximum absolute atomic E-state index is 14.7. The third kappa shape index (κ3) is 5.25. The molecule has 0 unspecified atom stereocenters. The Hall–Kier alpha value is -3.45. The SMILES string of the molecule is CCn1c(-c2nnn(C)n2)nc2c1CN([C@H]1CO[C@H](c3cc(F)ccc3F)[C@@H](NC(=O)OC(C)(C)C)C1)C2. The van der Waals surface area contributed by atoms with Crippen LogP contribution in [0.15, 0.2) is 18.2 Å². The minimum Gasteiger partial charge on any atom is -0.444 e. The highest BCUT2D eigenvalue weighted by atomic mass is 19.1. The average molecular weight is 531 g/mol. The number of ether oxygens (including phenoxy) is 2. The first-order chi connectivity index (χ1) is 18.0. The molecule has 1 amide bonds. The van der Waals surface area contributed by atoms with Crippen LogP contribution in [-0.2, 0) is 36.2 Å². The molecular formula is C25H32F2N8O3. The Labute approximate surface area is 219 Å². The van der Waals surface area contributed by atoms with Crippen molar-refractivity contribution in [2.75, 3.05) is 6.61 Å². The van der Waals surface area contributed by atoms with E-state index in [1.165, 1.54) is 4.80 Å². The highest BCUT2D eigenvalue weighted by molar-refractivity contribution is 5.68. The second-order valence-corrected chi connectivity index (χ2v) is 10.6. The minimum absolute atomic E-state index is 0.0643. The Bertz CT molecular complexity index is 1330. The van der Waals surface area contributed by atoms with Crippen LogP contribution in [0.3, 0.4) is 0 Å². The molecule has 38 heavy (non-hydrogen) atoms. The van der Waals surface area contributed by atoms with Gasteiger partial charge in [-0.2, -0.15) is 4.80 Å². The largest absolute Gasteiger partial charge is 0.444 e. The quantitative estimate of drug-likeness (QED) is 0.536. The van der Waals surface area contributed by atoms with Crippen molar-refractivity contribution >= 4 is 6.09 Å². The zero-order chi connectivity index (χ0) is 27.2.